The fraction of sp³-hybridized carbons (Fsp3) is 0.273. The SMILES string of the molecule is CC(C)=CC(N)c1ccc(F)cc1I. The van der Waals surface area contributed by atoms with Crippen LogP contribution >= 0.6 is 22.6 Å². The van der Waals surface area contributed by atoms with Gasteiger partial charge in [-0.1, -0.05) is 17.7 Å². The third-order valence-electron chi connectivity index (χ3n) is 1.83. The average Bonchev–Trinajstić information content (AvgIpc) is 2.01. The minimum absolute atomic E-state index is 0.146. The lowest BCUT2D eigenvalue weighted by Gasteiger charge is -2.10. The Morgan fingerprint density at radius 3 is 2.64 bits per heavy atom. The zero-order chi connectivity index (χ0) is 10.7. The van der Waals surface area contributed by atoms with Gasteiger partial charge in [-0.15, -0.1) is 0 Å². The second-order valence-electron chi connectivity index (χ2n) is 3.44. The van der Waals surface area contributed by atoms with E-state index in [0.29, 0.717) is 0 Å². The van der Waals surface area contributed by atoms with Gasteiger partial charge in [0.25, 0.3) is 0 Å². The highest BCUT2D eigenvalue weighted by Gasteiger charge is 2.07. The summed E-state index contributed by atoms with van der Waals surface area (Å²) < 4.78 is 13.7. The van der Waals surface area contributed by atoms with Crippen molar-refractivity contribution in [2.24, 2.45) is 5.73 Å². The van der Waals surface area contributed by atoms with Gasteiger partial charge in [0, 0.05) is 9.61 Å². The summed E-state index contributed by atoms with van der Waals surface area (Å²) in [6.07, 6.45) is 1.97. The highest BCUT2D eigenvalue weighted by Crippen LogP contribution is 2.21. The molecule has 0 aliphatic carbocycles. The van der Waals surface area contributed by atoms with Crippen LogP contribution in [0.5, 0.6) is 0 Å². The first-order valence-electron chi connectivity index (χ1n) is 4.36. The molecule has 1 atom stereocenters. The van der Waals surface area contributed by atoms with Crippen molar-refractivity contribution in [3.8, 4) is 0 Å². The largest absolute Gasteiger partial charge is 0.321 e. The van der Waals surface area contributed by atoms with E-state index < -0.39 is 0 Å². The number of allylic oxidation sites excluding steroid dienone is 1. The minimum atomic E-state index is -0.220. The van der Waals surface area contributed by atoms with E-state index in [1.54, 1.807) is 6.07 Å². The molecule has 0 saturated heterocycles. The van der Waals surface area contributed by atoms with Crippen LogP contribution in [0.1, 0.15) is 25.5 Å². The van der Waals surface area contributed by atoms with Gasteiger partial charge in [-0.2, -0.15) is 0 Å². The number of nitrogens with two attached hydrogens (primary N) is 1. The van der Waals surface area contributed by atoms with Crippen molar-refractivity contribution >= 4 is 22.6 Å². The standard InChI is InChI=1S/C11H13FIN/c1-7(2)5-11(14)9-4-3-8(12)6-10(9)13/h3-6,11H,14H2,1-2H3. The van der Waals surface area contributed by atoms with Crippen LogP contribution in [-0.2, 0) is 0 Å². The minimum Gasteiger partial charge on any atom is -0.321 e. The van der Waals surface area contributed by atoms with Crippen LogP contribution in [-0.4, -0.2) is 0 Å². The first-order chi connectivity index (χ1) is 6.50. The van der Waals surface area contributed by atoms with Gasteiger partial charge in [0.1, 0.15) is 5.82 Å². The summed E-state index contributed by atoms with van der Waals surface area (Å²) in [6, 6.07) is 4.53. The summed E-state index contributed by atoms with van der Waals surface area (Å²) in [5, 5.41) is 0. The van der Waals surface area contributed by atoms with Crippen molar-refractivity contribution in [3.63, 3.8) is 0 Å². The molecule has 0 bridgehead atoms. The molecule has 0 heterocycles. The Balaban J connectivity index is 3.02. The van der Waals surface area contributed by atoms with Gasteiger partial charge in [-0.05, 0) is 54.1 Å². The molecule has 3 heteroatoms. The lowest BCUT2D eigenvalue weighted by molar-refractivity contribution is 0.625. The maximum absolute atomic E-state index is 12.8. The first kappa shape index (κ1) is 11.7. The lowest BCUT2D eigenvalue weighted by Crippen LogP contribution is -2.09. The Bertz CT molecular complexity index is 356. The number of benzene rings is 1. The van der Waals surface area contributed by atoms with Gasteiger partial charge in [0.2, 0.25) is 0 Å². The molecule has 0 radical (unpaired) electrons. The van der Waals surface area contributed by atoms with E-state index in [1.807, 2.05) is 19.9 Å². The number of hydrogen-bond donors (Lipinski definition) is 1. The van der Waals surface area contributed by atoms with Crippen LogP contribution in [0.2, 0.25) is 0 Å². The molecular formula is C11H13FIN. The third kappa shape index (κ3) is 3.06. The van der Waals surface area contributed by atoms with Crippen molar-refractivity contribution in [1.29, 1.82) is 0 Å². The summed E-state index contributed by atoms with van der Waals surface area (Å²) in [7, 11) is 0. The van der Waals surface area contributed by atoms with Crippen LogP contribution in [0, 0.1) is 9.39 Å². The summed E-state index contributed by atoms with van der Waals surface area (Å²) in [6.45, 7) is 3.99. The van der Waals surface area contributed by atoms with E-state index in [0.717, 1.165) is 14.7 Å². The Morgan fingerprint density at radius 1 is 1.50 bits per heavy atom. The fourth-order valence-electron chi connectivity index (χ4n) is 1.22. The predicted molar refractivity (Wildman–Crippen MR) is 65.5 cm³/mol. The topological polar surface area (TPSA) is 26.0 Å². The highest BCUT2D eigenvalue weighted by atomic mass is 127. The van der Waals surface area contributed by atoms with E-state index >= 15 is 0 Å². The van der Waals surface area contributed by atoms with E-state index in [1.165, 1.54) is 12.1 Å². The summed E-state index contributed by atoms with van der Waals surface area (Å²) in [4.78, 5) is 0. The number of rotatable bonds is 2. The first-order valence-corrected chi connectivity index (χ1v) is 5.44. The molecule has 1 unspecified atom stereocenters. The van der Waals surface area contributed by atoms with Gasteiger partial charge in [-0.25, -0.2) is 4.39 Å². The van der Waals surface area contributed by atoms with E-state index in [9.17, 15) is 4.39 Å². The molecule has 0 aromatic heterocycles. The lowest BCUT2D eigenvalue weighted by atomic mass is 10.1. The highest BCUT2D eigenvalue weighted by molar-refractivity contribution is 14.1. The Morgan fingerprint density at radius 2 is 2.14 bits per heavy atom. The Kier molecular flexibility index (Phi) is 4.07. The molecule has 1 rings (SSSR count). The zero-order valence-electron chi connectivity index (χ0n) is 8.22. The number of halogens is 2. The number of hydrogen-bond acceptors (Lipinski definition) is 1. The molecular weight excluding hydrogens is 292 g/mol. The zero-order valence-corrected chi connectivity index (χ0v) is 10.4. The van der Waals surface area contributed by atoms with Gasteiger partial charge in [0.05, 0.1) is 0 Å². The molecule has 14 heavy (non-hydrogen) atoms. The van der Waals surface area contributed by atoms with Crippen molar-refractivity contribution < 1.29 is 4.39 Å². The fourth-order valence-corrected chi connectivity index (χ4v) is 2.06. The molecule has 0 saturated carbocycles. The molecule has 1 aromatic carbocycles. The van der Waals surface area contributed by atoms with Crippen LogP contribution in [0.25, 0.3) is 0 Å². The van der Waals surface area contributed by atoms with Crippen molar-refractivity contribution in [3.05, 3.63) is 44.8 Å². The molecule has 2 N–H and O–H groups in total. The quantitative estimate of drug-likeness (QED) is 0.658. The summed E-state index contributed by atoms with van der Waals surface area (Å²) in [5.41, 5.74) is 8.07. The van der Waals surface area contributed by atoms with Crippen LogP contribution < -0.4 is 5.73 Å². The molecule has 0 aliphatic heterocycles. The van der Waals surface area contributed by atoms with Crippen LogP contribution in [0.15, 0.2) is 29.8 Å². The van der Waals surface area contributed by atoms with Crippen molar-refractivity contribution in [1.82, 2.24) is 0 Å². The van der Waals surface area contributed by atoms with Crippen LogP contribution in [0.3, 0.4) is 0 Å². The molecule has 0 amide bonds. The normalized spacial score (nSPS) is 12.4. The second-order valence-corrected chi connectivity index (χ2v) is 4.60. The van der Waals surface area contributed by atoms with Crippen molar-refractivity contribution in [2.45, 2.75) is 19.9 Å². The summed E-state index contributed by atoms with van der Waals surface area (Å²) in [5.74, 6) is -0.220. The van der Waals surface area contributed by atoms with Crippen molar-refractivity contribution in [2.75, 3.05) is 0 Å². The van der Waals surface area contributed by atoms with Gasteiger partial charge in [0.15, 0.2) is 0 Å². The molecule has 1 aromatic rings. The molecule has 76 valence electrons. The second kappa shape index (κ2) is 4.89. The van der Waals surface area contributed by atoms with Gasteiger partial charge in [-0.3, -0.25) is 0 Å². The van der Waals surface area contributed by atoms with E-state index in [4.69, 9.17) is 5.73 Å². The van der Waals surface area contributed by atoms with Gasteiger partial charge < -0.3 is 5.73 Å². The maximum Gasteiger partial charge on any atom is 0.124 e. The van der Waals surface area contributed by atoms with Gasteiger partial charge >= 0.3 is 0 Å². The Labute approximate surface area is 97.3 Å². The molecule has 0 fully saturated rings. The van der Waals surface area contributed by atoms with Crippen LogP contribution in [0.4, 0.5) is 4.39 Å². The average molecular weight is 305 g/mol. The molecule has 0 aliphatic rings. The van der Waals surface area contributed by atoms with E-state index in [2.05, 4.69) is 22.6 Å². The predicted octanol–water partition coefficient (Wildman–Crippen LogP) is 3.40. The smallest absolute Gasteiger partial charge is 0.124 e. The Hall–Kier alpha value is -0.420. The molecule has 0 spiro atoms. The molecule has 1 nitrogen and oxygen atoms in total. The third-order valence-corrected chi connectivity index (χ3v) is 2.77. The monoisotopic (exact) mass is 305 g/mol. The summed E-state index contributed by atoms with van der Waals surface area (Å²) >= 11 is 2.10. The van der Waals surface area contributed by atoms with E-state index in [-0.39, 0.29) is 11.9 Å². The maximum atomic E-state index is 12.8.